The SMILES string of the molecule is COc1ccc(CCSc2nnnn2-c2ccc(C)cc2C)cc1. The Morgan fingerprint density at radius 2 is 1.88 bits per heavy atom. The quantitative estimate of drug-likeness (QED) is 0.642. The van der Waals surface area contributed by atoms with E-state index in [-0.39, 0.29) is 0 Å². The van der Waals surface area contributed by atoms with Gasteiger partial charge in [-0.05, 0) is 60.0 Å². The van der Waals surface area contributed by atoms with Crippen molar-refractivity contribution >= 4 is 11.8 Å². The molecule has 5 nitrogen and oxygen atoms in total. The monoisotopic (exact) mass is 340 g/mol. The smallest absolute Gasteiger partial charge is 0.214 e. The summed E-state index contributed by atoms with van der Waals surface area (Å²) < 4.78 is 6.99. The normalized spacial score (nSPS) is 10.8. The third-order valence-corrected chi connectivity index (χ3v) is 4.72. The van der Waals surface area contributed by atoms with Crippen molar-refractivity contribution in [3.63, 3.8) is 0 Å². The summed E-state index contributed by atoms with van der Waals surface area (Å²) >= 11 is 1.66. The van der Waals surface area contributed by atoms with E-state index in [9.17, 15) is 0 Å². The van der Waals surface area contributed by atoms with Crippen molar-refractivity contribution < 1.29 is 4.74 Å². The number of nitrogens with zero attached hydrogens (tertiary/aromatic N) is 4. The Morgan fingerprint density at radius 1 is 1.08 bits per heavy atom. The van der Waals surface area contributed by atoms with Gasteiger partial charge in [0.15, 0.2) is 0 Å². The molecule has 0 bridgehead atoms. The Bertz CT molecular complexity index is 814. The van der Waals surface area contributed by atoms with Gasteiger partial charge < -0.3 is 4.74 Å². The summed E-state index contributed by atoms with van der Waals surface area (Å²) in [6.45, 7) is 4.16. The molecular formula is C18H20N4OS. The number of aromatic nitrogens is 4. The molecule has 0 fully saturated rings. The summed E-state index contributed by atoms with van der Waals surface area (Å²) in [5.41, 5.74) is 4.70. The first-order valence-electron chi connectivity index (χ1n) is 7.79. The van der Waals surface area contributed by atoms with Crippen LogP contribution in [0.3, 0.4) is 0 Å². The second kappa shape index (κ2) is 7.49. The first-order valence-corrected chi connectivity index (χ1v) is 8.77. The summed E-state index contributed by atoms with van der Waals surface area (Å²) in [7, 11) is 1.68. The van der Waals surface area contributed by atoms with Gasteiger partial charge in [0.25, 0.3) is 0 Å². The molecule has 24 heavy (non-hydrogen) atoms. The number of methoxy groups -OCH3 is 1. The predicted octanol–water partition coefficient (Wildman–Crippen LogP) is 3.62. The molecule has 0 aliphatic heterocycles. The third kappa shape index (κ3) is 3.76. The van der Waals surface area contributed by atoms with E-state index in [1.807, 2.05) is 16.8 Å². The molecule has 3 rings (SSSR count). The van der Waals surface area contributed by atoms with Gasteiger partial charge in [0.2, 0.25) is 5.16 Å². The number of hydrogen-bond acceptors (Lipinski definition) is 5. The van der Waals surface area contributed by atoms with Gasteiger partial charge in [0.1, 0.15) is 5.75 Å². The van der Waals surface area contributed by atoms with Crippen LogP contribution in [-0.2, 0) is 6.42 Å². The molecule has 0 saturated carbocycles. The molecule has 0 amide bonds. The summed E-state index contributed by atoms with van der Waals surface area (Å²) in [6, 6.07) is 14.4. The fourth-order valence-electron chi connectivity index (χ4n) is 2.52. The molecule has 0 spiro atoms. The number of ether oxygens (including phenoxy) is 1. The van der Waals surface area contributed by atoms with Gasteiger partial charge in [0, 0.05) is 5.75 Å². The molecule has 1 heterocycles. The largest absolute Gasteiger partial charge is 0.497 e. The van der Waals surface area contributed by atoms with Crippen LogP contribution in [0, 0.1) is 13.8 Å². The van der Waals surface area contributed by atoms with Gasteiger partial charge in [0.05, 0.1) is 12.8 Å². The lowest BCUT2D eigenvalue weighted by Crippen LogP contribution is -2.02. The topological polar surface area (TPSA) is 52.8 Å². The van der Waals surface area contributed by atoms with Crippen LogP contribution in [-0.4, -0.2) is 33.1 Å². The lowest BCUT2D eigenvalue weighted by Gasteiger charge is -2.08. The molecule has 0 radical (unpaired) electrons. The highest BCUT2D eigenvalue weighted by atomic mass is 32.2. The number of rotatable bonds is 6. The Balaban J connectivity index is 1.67. The molecule has 1 aromatic heterocycles. The van der Waals surface area contributed by atoms with Crippen molar-refractivity contribution in [2.75, 3.05) is 12.9 Å². The zero-order chi connectivity index (χ0) is 16.9. The molecule has 2 aromatic carbocycles. The van der Waals surface area contributed by atoms with E-state index in [0.717, 1.165) is 28.8 Å². The highest BCUT2D eigenvalue weighted by molar-refractivity contribution is 7.99. The molecule has 0 N–H and O–H groups in total. The van der Waals surface area contributed by atoms with Gasteiger partial charge in [-0.3, -0.25) is 0 Å². The number of aryl methyl sites for hydroxylation is 3. The van der Waals surface area contributed by atoms with Crippen LogP contribution in [0.2, 0.25) is 0 Å². The van der Waals surface area contributed by atoms with Crippen LogP contribution in [0.4, 0.5) is 0 Å². The van der Waals surface area contributed by atoms with Crippen molar-refractivity contribution in [3.05, 3.63) is 59.2 Å². The van der Waals surface area contributed by atoms with Crippen molar-refractivity contribution in [1.82, 2.24) is 20.2 Å². The van der Waals surface area contributed by atoms with Crippen molar-refractivity contribution in [2.45, 2.75) is 25.4 Å². The molecule has 0 saturated heterocycles. The number of tetrazole rings is 1. The molecule has 3 aromatic rings. The maximum absolute atomic E-state index is 5.18. The minimum absolute atomic E-state index is 0.815. The lowest BCUT2D eigenvalue weighted by atomic mass is 10.1. The third-order valence-electron chi connectivity index (χ3n) is 3.80. The maximum Gasteiger partial charge on any atom is 0.214 e. The second-order valence-corrected chi connectivity index (χ2v) is 6.67. The van der Waals surface area contributed by atoms with Crippen LogP contribution in [0.1, 0.15) is 16.7 Å². The van der Waals surface area contributed by atoms with Crippen LogP contribution in [0.15, 0.2) is 47.6 Å². The second-order valence-electron chi connectivity index (χ2n) is 5.61. The van der Waals surface area contributed by atoms with Crippen LogP contribution in [0.5, 0.6) is 5.75 Å². The van der Waals surface area contributed by atoms with Gasteiger partial charge in [-0.1, -0.05) is 41.6 Å². The van der Waals surface area contributed by atoms with Crippen LogP contribution < -0.4 is 4.74 Å². The average Bonchev–Trinajstić information content (AvgIpc) is 3.04. The zero-order valence-electron chi connectivity index (χ0n) is 14.1. The molecule has 124 valence electrons. The van der Waals surface area contributed by atoms with Crippen molar-refractivity contribution in [2.24, 2.45) is 0 Å². The molecule has 0 unspecified atom stereocenters. The van der Waals surface area contributed by atoms with Gasteiger partial charge in [-0.15, -0.1) is 5.10 Å². The first-order chi connectivity index (χ1) is 11.7. The van der Waals surface area contributed by atoms with E-state index in [4.69, 9.17) is 4.74 Å². The fraction of sp³-hybridized carbons (Fsp3) is 0.278. The molecule has 6 heteroatoms. The first kappa shape index (κ1) is 16.5. The van der Waals surface area contributed by atoms with E-state index in [1.165, 1.54) is 16.7 Å². The highest BCUT2D eigenvalue weighted by Gasteiger charge is 2.11. The van der Waals surface area contributed by atoms with Gasteiger partial charge >= 0.3 is 0 Å². The minimum Gasteiger partial charge on any atom is -0.497 e. The Morgan fingerprint density at radius 3 is 2.58 bits per heavy atom. The number of benzene rings is 2. The standard InChI is InChI=1S/C18H20N4OS/c1-13-4-9-17(14(2)12-13)22-18(19-20-21-22)24-11-10-15-5-7-16(23-3)8-6-15/h4-9,12H,10-11H2,1-3H3. The number of thioether (sulfide) groups is 1. The highest BCUT2D eigenvalue weighted by Crippen LogP contribution is 2.22. The van der Waals surface area contributed by atoms with Crippen LogP contribution in [0.25, 0.3) is 5.69 Å². The molecule has 0 atom stereocenters. The van der Waals surface area contributed by atoms with Crippen molar-refractivity contribution in [1.29, 1.82) is 0 Å². The maximum atomic E-state index is 5.18. The number of hydrogen-bond donors (Lipinski definition) is 0. The Hall–Kier alpha value is -2.34. The Labute approximate surface area is 146 Å². The van der Waals surface area contributed by atoms with E-state index in [1.54, 1.807) is 18.9 Å². The van der Waals surface area contributed by atoms with E-state index < -0.39 is 0 Å². The van der Waals surface area contributed by atoms with Gasteiger partial charge in [-0.25, -0.2) is 0 Å². The summed E-state index contributed by atoms with van der Waals surface area (Å²) in [4.78, 5) is 0. The lowest BCUT2D eigenvalue weighted by molar-refractivity contribution is 0.414. The molecule has 0 aliphatic carbocycles. The van der Waals surface area contributed by atoms with Gasteiger partial charge in [-0.2, -0.15) is 4.68 Å². The summed E-state index contributed by atoms with van der Waals surface area (Å²) in [5, 5.41) is 13.0. The van der Waals surface area contributed by atoms with Crippen molar-refractivity contribution in [3.8, 4) is 11.4 Å². The van der Waals surface area contributed by atoms with Crippen LogP contribution >= 0.6 is 11.8 Å². The zero-order valence-corrected chi connectivity index (χ0v) is 14.9. The van der Waals surface area contributed by atoms with E-state index in [2.05, 4.69) is 59.7 Å². The fourth-order valence-corrected chi connectivity index (χ4v) is 3.39. The van der Waals surface area contributed by atoms with E-state index in [0.29, 0.717) is 0 Å². The Kier molecular flexibility index (Phi) is 5.15. The summed E-state index contributed by atoms with van der Waals surface area (Å²) in [6.07, 6.45) is 0.953. The average molecular weight is 340 g/mol. The minimum atomic E-state index is 0.815. The molecular weight excluding hydrogens is 320 g/mol. The van der Waals surface area contributed by atoms with E-state index >= 15 is 0 Å². The predicted molar refractivity (Wildman–Crippen MR) is 96.1 cm³/mol. The summed E-state index contributed by atoms with van der Waals surface area (Å²) in [5.74, 6) is 1.79. The molecule has 0 aliphatic rings.